The molecule has 0 aliphatic carbocycles. The van der Waals surface area contributed by atoms with Crippen LogP contribution in [-0.2, 0) is 23.4 Å². The summed E-state index contributed by atoms with van der Waals surface area (Å²) in [6.07, 6.45) is -1.78. The normalized spacial score (nSPS) is 15.7. The van der Waals surface area contributed by atoms with Crippen LogP contribution < -0.4 is 5.30 Å². The van der Waals surface area contributed by atoms with Gasteiger partial charge in [-0.1, -0.05) is 22.5 Å². The van der Waals surface area contributed by atoms with Crippen molar-refractivity contribution in [2.24, 2.45) is 0 Å². The van der Waals surface area contributed by atoms with Crippen molar-refractivity contribution in [3.05, 3.63) is 58.4 Å². The molecule has 1 aromatic carbocycles. The highest BCUT2D eigenvalue weighted by Gasteiger charge is 2.32. The van der Waals surface area contributed by atoms with Gasteiger partial charge in [0.25, 0.3) is 17.5 Å². The van der Waals surface area contributed by atoms with Gasteiger partial charge in [0.2, 0.25) is 0 Å². The number of aliphatic hydroxyl groups excluding tert-OH is 1. The molecule has 1 N–H and O–H groups in total. The summed E-state index contributed by atoms with van der Waals surface area (Å²) < 4.78 is 83.8. The van der Waals surface area contributed by atoms with Gasteiger partial charge in [0.15, 0.2) is 6.61 Å². The van der Waals surface area contributed by atoms with Crippen LogP contribution in [0.4, 0.5) is 13.2 Å². The summed E-state index contributed by atoms with van der Waals surface area (Å²) in [6, 6.07) is 4.30. The van der Waals surface area contributed by atoms with E-state index in [-0.39, 0.29) is 23.8 Å². The van der Waals surface area contributed by atoms with E-state index < -0.39 is 35.2 Å². The molecule has 0 amide bonds. The molecule has 1 atom stereocenters. The quantitative estimate of drug-likeness (QED) is 0.268. The molecule has 6 nitrogen and oxygen atoms in total. The molecule has 0 aliphatic rings. The van der Waals surface area contributed by atoms with Crippen molar-refractivity contribution in [3.63, 3.8) is 0 Å². The summed E-state index contributed by atoms with van der Waals surface area (Å²) in [5.41, 5.74) is 0.630. The minimum atomic E-state index is -4.81. The fourth-order valence-electron chi connectivity index (χ4n) is 2.09. The van der Waals surface area contributed by atoms with Gasteiger partial charge in [-0.05, 0) is 55.8 Å². The molecule has 0 fully saturated rings. The van der Waals surface area contributed by atoms with Crippen LogP contribution in [0, 0.1) is 0 Å². The number of rotatable bonds is 10. The molecule has 0 spiro atoms. The minimum absolute atomic E-state index is 0.0575. The average Bonchev–Trinajstić information content (AvgIpc) is 2.66. The number of halogens is 4. The van der Waals surface area contributed by atoms with Gasteiger partial charge >= 0.3 is 6.18 Å². The number of alkyl halides is 3. The second-order valence-electron chi connectivity index (χ2n) is 5.96. The lowest BCUT2D eigenvalue weighted by atomic mass is 10.3. The van der Waals surface area contributed by atoms with Crippen molar-refractivity contribution in [3.8, 4) is 0 Å². The van der Waals surface area contributed by atoms with Gasteiger partial charge in [0.05, 0.1) is 18.1 Å². The summed E-state index contributed by atoms with van der Waals surface area (Å²) >= 11 is 3.26. The Hall–Kier alpha value is -1.23. The van der Waals surface area contributed by atoms with Gasteiger partial charge in [0, 0.05) is 15.1 Å². The van der Waals surface area contributed by atoms with Crippen molar-refractivity contribution in [2.45, 2.75) is 24.9 Å². The van der Waals surface area contributed by atoms with Crippen LogP contribution in [-0.4, -0.2) is 39.5 Å². The van der Waals surface area contributed by atoms with Crippen LogP contribution in [0.1, 0.15) is 13.8 Å². The standard InChI is InChI=1S/C18H21BrF3O6PS/c1-4-27-29(24,14(3)10-15(19)9-13(2)11-23)16-5-7-17(8-6-16)30(25,26)28-12-18(20,21)22/h5-10,23H,3-4,11-12H2,1-2H3/b13-9+,15-10+. The van der Waals surface area contributed by atoms with Crippen molar-refractivity contribution in [1.29, 1.82) is 0 Å². The molecular weight excluding hydrogens is 512 g/mol. The monoisotopic (exact) mass is 532 g/mol. The first-order valence-corrected chi connectivity index (χ1v) is 12.2. The number of aliphatic hydroxyl groups is 1. The molecule has 1 rings (SSSR count). The largest absolute Gasteiger partial charge is 0.413 e. The molecule has 1 unspecified atom stereocenters. The lowest BCUT2D eigenvalue weighted by Gasteiger charge is -2.19. The fourth-order valence-corrected chi connectivity index (χ4v) is 5.69. The van der Waals surface area contributed by atoms with Crippen LogP contribution in [0.25, 0.3) is 0 Å². The predicted octanol–water partition coefficient (Wildman–Crippen LogP) is 4.63. The van der Waals surface area contributed by atoms with Crippen LogP contribution in [0.15, 0.2) is 63.3 Å². The Labute approximate surface area is 181 Å². The summed E-state index contributed by atoms with van der Waals surface area (Å²) in [4.78, 5) is -0.526. The van der Waals surface area contributed by atoms with Crippen LogP contribution in [0.3, 0.4) is 0 Å². The number of hydrogen-bond acceptors (Lipinski definition) is 6. The van der Waals surface area contributed by atoms with E-state index in [1.165, 1.54) is 18.2 Å². The first-order valence-electron chi connectivity index (χ1n) is 8.41. The molecule has 0 saturated carbocycles. The van der Waals surface area contributed by atoms with E-state index in [0.29, 0.717) is 10.1 Å². The smallest absolute Gasteiger partial charge is 0.392 e. The van der Waals surface area contributed by atoms with E-state index in [4.69, 9.17) is 9.63 Å². The lowest BCUT2D eigenvalue weighted by molar-refractivity contribution is -0.152. The molecule has 0 bridgehead atoms. The summed E-state index contributed by atoms with van der Waals surface area (Å²) in [6.45, 7) is 4.99. The minimum Gasteiger partial charge on any atom is -0.392 e. The Balaban J connectivity index is 3.23. The third kappa shape index (κ3) is 7.79. The number of benzene rings is 1. The Morgan fingerprint density at radius 2 is 1.83 bits per heavy atom. The summed E-state index contributed by atoms with van der Waals surface area (Å²) in [5, 5.41) is 9.26. The lowest BCUT2D eigenvalue weighted by Crippen LogP contribution is -2.21. The highest BCUT2D eigenvalue weighted by atomic mass is 79.9. The molecule has 30 heavy (non-hydrogen) atoms. The van der Waals surface area contributed by atoms with Gasteiger partial charge in [-0.15, -0.1) is 0 Å². The molecule has 0 aliphatic heterocycles. The van der Waals surface area contributed by atoms with E-state index >= 15 is 0 Å². The Bertz CT molecular complexity index is 969. The molecule has 0 saturated heterocycles. The second-order valence-corrected chi connectivity index (χ2v) is 10.9. The van der Waals surface area contributed by atoms with Gasteiger partial charge in [-0.3, -0.25) is 8.75 Å². The van der Waals surface area contributed by atoms with E-state index in [2.05, 4.69) is 26.7 Å². The molecule has 1 aromatic rings. The molecule has 12 heteroatoms. The van der Waals surface area contributed by atoms with Crippen molar-refractivity contribution in [1.82, 2.24) is 0 Å². The summed E-state index contributed by atoms with van der Waals surface area (Å²) in [7, 11) is -8.34. The first-order chi connectivity index (χ1) is 13.7. The molecule has 0 heterocycles. The fraction of sp³-hybridized carbons (Fsp3) is 0.333. The second kappa shape index (κ2) is 10.9. The molecule has 0 aromatic heterocycles. The Kier molecular flexibility index (Phi) is 9.72. The van der Waals surface area contributed by atoms with Gasteiger partial charge in [-0.2, -0.15) is 21.6 Å². The van der Waals surface area contributed by atoms with Crippen molar-refractivity contribution in [2.75, 3.05) is 19.8 Å². The number of allylic oxidation sites excluding steroid dienone is 4. The highest BCUT2D eigenvalue weighted by Crippen LogP contribution is 2.54. The van der Waals surface area contributed by atoms with Crippen molar-refractivity contribution >= 4 is 38.7 Å². The third-order valence-corrected chi connectivity index (χ3v) is 7.69. The maximum atomic E-state index is 13.4. The highest BCUT2D eigenvalue weighted by molar-refractivity contribution is 9.11. The first kappa shape index (κ1) is 26.8. The van der Waals surface area contributed by atoms with E-state index in [9.17, 15) is 26.2 Å². The maximum Gasteiger partial charge on any atom is 0.413 e. The molecular formula is C18H21BrF3O6PS. The van der Waals surface area contributed by atoms with Gasteiger partial charge in [-0.25, -0.2) is 0 Å². The zero-order valence-corrected chi connectivity index (χ0v) is 19.4. The molecule has 168 valence electrons. The number of hydrogen-bond donors (Lipinski definition) is 1. The SMILES string of the molecule is C=C(/C=C(Br)\C=C(/C)CO)P(=O)(OCC)c1ccc(S(=O)(=O)OCC(F)(F)F)cc1. The van der Waals surface area contributed by atoms with Gasteiger partial charge < -0.3 is 9.63 Å². The third-order valence-electron chi connectivity index (χ3n) is 3.47. The van der Waals surface area contributed by atoms with Crippen LogP contribution in [0.5, 0.6) is 0 Å². The van der Waals surface area contributed by atoms with Crippen molar-refractivity contribution < 1.29 is 40.0 Å². The van der Waals surface area contributed by atoms with Crippen LogP contribution in [0.2, 0.25) is 0 Å². The topological polar surface area (TPSA) is 89.9 Å². The Morgan fingerprint density at radius 1 is 1.27 bits per heavy atom. The Morgan fingerprint density at radius 3 is 2.30 bits per heavy atom. The average molecular weight is 533 g/mol. The van der Waals surface area contributed by atoms with E-state index in [1.54, 1.807) is 19.9 Å². The zero-order valence-electron chi connectivity index (χ0n) is 16.1. The van der Waals surface area contributed by atoms with Crippen LogP contribution >= 0.6 is 23.3 Å². The maximum absolute atomic E-state index is 13.4. The van der Waals surface area contributed by atoms with E-state index in [0.717, 1.165) is 12.1 Å². The van der Waals surface area contributed by atoms with Gasteiger partial charge in [0.1, 0.15) is 0 Å². The predicted molar refractivity (Wildman–Crippen MR) is 111 cm³/mol. The van der Waals surface area contributed by atoms with E-state index in [1.807, 2.05) is 0 Å². The zero-order chi connectivity index (χ0) is 23.2. The summed E-state index contributed by atoms with van der Waals surface area (Å²) in [5.74, 6) is 0. The molecule has 0 radical (unpaired) electrons.